The SMILES string of the molecule is COc1ccccc1N1CCN(c2ncccc2CN[C@H](C)Cn2cccn2)CC1. The second kappa shape index (κ2) is 9.63. The molecule has 1 N–H and O–H groups in total. The summed E-state index contributed by atoms with van der Waals surface area (Å²) in [7, 11) is 1.73. The molecule has 0 aliphatic carbocycles. The van der Waals surface area contributed by atoms with Gasteiger partial charge in [0.2, 0.25) is 0 Å². The van der Waals surface area contributed by atoms with Crippen LogP contribution in [0.3, 0.4) is 0 Å². The van der Waals surface area contributed by atoms with Gasteiger partial charge in [0.05, 0.1) is 19.3 Å². The molecule has 0 unspecified atom stereocenters. The first-order chi connectivity index (χ1) is 14.7. The molecule has 1 fully saturated rings. The summed E-state index contributed by atoms with van der Waals surface area (Å²) in [6.45, 7) is 7.58. The van der Waals surface area contributed by atoms with Gasteiger partial charge in [-0.1, -0.05) is 18.2 Å². The predicted octanol–water partition coefficient (Wildman–Crippen LogP) is 2.79. The van der Waals surface area contributed by atoms with Crippen molar-refractivity contribution in [3.63, 3.8) is 0 Å². The molecule has 0 saturated carbocycles. The average molecular weight is 407 g/mol. The summed E-state index contributed by atoms with van der Waals surface area (Å²) in [6.07, 6.45) is 5.70. The lowest BCUT2D eigenvalue weighted by molar-refractivity contribution is 0.413. The average Bonchev–Trinajstić information content (AvgIpc) is 3.31. The Hall–Kier alpha value is -3.06. The molecular weight excluding hydrogens is 376 g/mol. The van der Waals surface area contributed by atoms with Crippen LogP contribution in [0.2, 0.25) is 0 Å². The normalized spacial score (nSPS) is 15.3. The standard InChI is InChI=1S/C23H30N6O/c1-19(18-29-12-6-11-26-29)25-17-20-7-5-10-24-23(20)28-15-13-27(14-16-28)21-8-3-4-9-22(21)30-2/h3-12,19,25H,13-18H2,1-2H3/t19-/m1/s1. The first-order valence-electron chi connectivity index (χ1n) is 10.5. The van der Waals surface area contributed by atoms with E-state index < -0.39 is 0 Å². The molecule has 4 rings (SSSR count). The molecule has 3 heterocycles. The van der Waals surface area contributed by atoms with Gasteiger partial charge in [0.25, 0.3) is 0 Å². The van der Waals surface area contributed by atoms with Crippen LogP contribution in [0.25, 0.3) is 0 Å². The largest absolute Gasteiger partial charge is 0.495 e. The molecule has 158 valence electrons. The molecule has 0 bridgehead atoms. The molecule has 1 saturated heterocycles. The van der Waals surface area contributed by atoms with E-state index >= 15 is 0 Å². The van der Waals surface area contributed by atoms with Gasteiger partial charge in [-0.25, -0.2) is 4.98 Å². The first kappa shape index (κ1) is 20.2. The fraction of sp³-hybridized carbons (Fsp3) is 0.391. The number of nitrogens with one attached hydrogen (secondary N) is 1. The van der Waals surface area contributed by atoms with Crippen LogP contribution in [-0.4, -0.2) is 54.1 Å². The van der Waals surface area contributed by atoms with Crippen molar-refractivity contribution in [1.29, 1.82) is 0 Å². The Bertz CT molecular complexity index is 921. The van der Waals surface area contributed by atoms with Crippen LogP contribution in [0.5, 0.6) is 5.75 Å². The van der Waals surface area contributed by atoms with Crippen molar-refractivity contribution in [2.24, 2.45) is 0 Å². The van der Waals surface area contributed by atoms with Gasteiger partial charge in [-0.3, -0.25) is 4.68 Å². The van der Waals surface area contributed by atoms with Crippen molar-refractivity contribution in [3.8, 4) is 5.75 Å². The van der Waals surface area contributed by atoms with Crippen molar-refractivity contribution in [1.82, 2.24) is 20.1 Å². The molecule has 0 radical (unpaired) electrons. The van der Waals surface area contributed by atoms with Gasteiger partial charge in [-0.2, -0.15) is 5.10 Å². The highest BCUT2D eigenvalue weighted by atomic mass is 16.5. The number of aromatic nitrogens is 3. The zero-order valence-corrected chi connectivity index (χ0v) is 17.7. The number of nitrogens with zero attached hydrogens (tertiary/aromatic N) is 5. The number of anilines is 2. The van der Waals surface area contributed by atoms with Gasteiger partial charge in [-0.15, -0.1) is 0 Å². The van der Waals surface area contributed by atoms with E-state index in [1.807, 2.05) is 47.5 Å². The van der Waals surface area contributed by atoms with Crippen LogP contribution in [0.1, 0.15) is 12.5 Å². The minimum atomic E-state index is 0.320. The van der Waals surface area contributed by atoms with Crippen molar-refractivity contribution in [3.05, 3.63) is 66.6 Å². The molecule has 0 spiro atoms. The van der Waals surface area contributed by atoms with E-state index in [0.717, 1.165) is 56.5 Å². The molecule has 7 heteroatoms. The van der Waals surface area contributed by atoms with Gasteiger partial charge < -0.3 is 19.9 Å². The second-order valence-electron chi connectivity index (χ2n) is 7.64. The molecule has 30 heavy (non-hydrogen) atoms. The van der Waals surface area contributed by atoms with Crippen LogP contribution in [0.4, 0.5) is 11.5 Å². The Morgan fingerprint density at radius 1 is 1.00 bits per heavy atom. The third-order valence-corrected chi connectivity index (χ3v) is 5.53. The monoisotopic (exact) mass is 406 g/mol. The fourth-order valence-electron chi connectivity index (χ4n) is 3.94. The molecule has 2 aromatic heterocycles. The fourth-order valence-corrected chi connectivity index (χ4v) is 3.94. The highest BCUT2D eigenvalue weighted by Crippen LogP contribution is 2.29. The summed E-state index contributed by atoms with van der Waals surface area (Å²) in [4.78, 5) is 9.49. The number of ether oxygens (including phenoxy) is 1. The van der Waals surface area contributed by atoms with Gasteiger partial charge in [0.15, 0.2) is 0 Å². The number of hydrogen-bond acceptors (Lipinski definition) is 6. The predicted molar refractivity (Wildman–Crippen MR) is 120 cm³/mol. The van der Waals surface area contributed by atoms with E-state index in [9.17, 15) is 0 Å². The Labute approximate surface area is 178 Å². The lowest BCUT2D eigenvalue weighted by Gasteiger charge is -2.38. The lowest BCUT2D eigenvalue weighted by atomic mass is 10.2. The third kappa shape index (κ3) is 4.74. The van der Waals surface area contributed by atoms with Crippen molar-refractivity contribution in [2.75, 3.05) is 43.1 Å². The second-order valence-corrected chi connectivity index (χ2v) is 7.64. The molecule has 3 aromatic rings. The number of hydrogen-bond donors (Lipinski definition) is 1. The van der Waals surface area contributed by atoms with Crippen LogP contribution >= 0.6 is 0 Å². The molecule has 1 aromatic carbocycles. The van der Waals surface area contributed by atoms with Crippen LogP contribution < -0.4 is 19.9 Å². The maximum atomic E-state index is 5.54. The van der Waals surface area contributed by atoms with Crippen LogP contribution in [0.15, 0.2) is 61.1 Å². The highest BCUT2D eigenvalue weighted by Gasteiger charge is 2.22. The highest BCUT2D eigenvalue weighted by molar-refractivity contribution is 5.60. The summed E-state index contributed by atoms with van der Waals surface area (Å²) in [5.74, 6) is 2.01. The van der Waals surface area contributed by atoms with E-state index in [0.29, 0.717) is 6.04 Å². The number of para-hydroxylation sites is 2. The van der Waals surface area contributed by atoms with Crippen molar-refractivity contribution < 1.29 is 4.74 Å². The minimum Gasteiger partial charge on any atom is -0.495 e. The summed E-state index contributed by atoms with van der Waals surface area (Å²) in [6, 6.07) is 14.7. The Morgan fingerprint density at radius 2 is 1.80 bits per heavy atom. The van der Waals surface area contributed by atoms with E-state index in [2.05, 4.69) is 45.3 Å². The molecule has 7 nitrogen and oxygen atoms in total. The molecular formula is C23H30N6O. The number of pyridine rings is 1. The minimum absolute atomic E-state index is 0.320. The topological polar surface area (TPSA) is 58.5 Å². The zero-order valence-electron chi connectivity index (χ0n) is 17.7. The van der Waals surface area contributed by atoms with E-state index in [4.69, 9.17) is 9.72 Å². The van der Waals surface area contributed by atoms with Gasteiger partial charge in [0, 0.05) is 62.9 Å². The number of rotatable bonds is 8. The van der Waals surface area contributed by atoms with Crippen molar-refractivity contribution in [2.45, 2.75) is 26.1 Å². The third-order valence-electron chi connectivity index (χ3n) is 5.53. The smallest absolute Gasteiger partial charge is 0.142 e. The number of piperazine rings is 1. The number of benzene rings is 1. The quantitative estimate of drug-likeness (QED) is 0.621. The summed E-state index contributed by atoms with van der Waals surface area (Å²) in [5, 5.41) is 7.90. The number of methoxy groups -OCH3 is 1. The van der Waals surface area contributed by atoms with Gasteiger partial charge in [-0.05, 0) is 31.2 Å². The molecule has 1 aliphatic heterocycles. The van der Waals surface area contributed by atoms with Gasteiger partial charge >= 0.3 is 0 Å². The Morgan fingerprint density at radius 3 is 2.57 bits per heavy atom. The zero-order chi connectivity index (χ0) is 20.8. The Balaban J connectivity index is 1.37. The first-order valence-corrected chi connectivity index (χ1v) is 10.5. The van der Waals surface area contributed by atoms with Crippen LogP contribution in [-0.2, 0) is 13.1 Å². The molecule has 1 aliphatic rings. The molecule has 1 atom stereocenters. The van der Waals surface area contributed by atoms with Crippen molar-refractivity contribution >= 4 is 11.5 Å². The Kier molecular flexibility index (Phi) is 6.49. The maximum absolute atomic E-state index is 5.54. The molecule has 0 amide bonds. The maximum Gasteiger partial charge on any atom is 0.142 e. The van der Waals surface area contributed by atoms with E-state index in [-0.39, 0.29) is 0 Å². The summed E-state index contributed by atoms with van der Waals surface area (Å²) in [5.41, 5.74) is 2.39. The van der Waals surface area contributed by atoms with E-state index in [1.165, 1.54) is 5.56 Å². The van der Waals surface area contributed by atoms with Gasteiger partial charge in [0.1, 0.15) is 11.6 Å². The summed E-state index contributed by atoms with van der Waals surface area (Å²) < 4.78 is 7.50. The summed E-state index contributed by atoms with van der Waals surface area (Å²) >= 11 is 0. The van der Waals surface area contributed by atoms with E-state index in [1.54, 1.807) is 7.11 Å². The van der Waals surface area contributed by atoms with Crippen LogP contribution in [0, 0.1) is 0 Å². The lowest BCUT2D eigenvalue weighted by Crippen LogP contribution is -2.47.